The molecule has 0 aliphatic rings. The highest BCUT2D eigenvalue weighted by Crippen LogP contribution is 2.19. The quantitative estimate of drug-likeness (QED) is 0.530. The summed E-state index contributed by atoms with van der Waals surface area (Å²) in [6.45, 7) is 2.24. The lowest BCUT2D eigenvalue weighted by atomic mass is 10.2. The van der Waals surface area contributed by atoms with Crippen LogP contribution in [-0.2, 0) is 4.79 Å². The predicted molar refractivity (Wildman–Crippen MR) is 108 cm³/mol. The second-order valence-corrected chi connectivity index (χ2v) is 6.68. The lowest BCUT2D eigenvalue weighted by Gasteiger charge is -2.07. The van der Waals surface area contributed by atoms with Gasteiger partial charge in [-0.15, -0.1) is 0 Å². The summed E-state index contributed by atoms with van der Waals surface area (Å²) >= 11 is 5.81. The first-order valence-corrected chi connectivity index (χ1v) is 9.22. The lowest BCUT2D eigenvalue weighted by molar-refractivity contribution is -0.116. The molecule has 3 N–H and O–H groups in total. The van der Waals surface area contributed by atoms with Gasteiger partial charge in [0.1, 0.15) is 5.82 Å². The molecule has 0 radical (unpaired) electrons. The van der Waals surface area contributed by atoms with Gasteiger partial charge in [-0.1, -0.05) is 23.7 Å². The Morgan fingerprint density at radius 2 is 1.93 bits per heavy atom. The summed E-state index contributed by atoms with van der Waals surface area (Å²) in [7, 11) is 0. The highest BCUT2D eigenvalue weighted by molar-refractivity contribution is 6.30. The highest BCUT2D eigenvalue weighted by Gasteiger charge is 2.08. The lowest BCUT2D eigenvalue weighted by Crippen LogP contribution is -2.25. The number of hydrogen-bond acceptors (Lipinski definition) is 4. The minimum absolute atomic E-state index is 0.121. The van der Waals surface area contributed by atoms with Gasteiger partial charge in [-0.3, -0.25) is 14.7 Å². The Morgan fingerprint density at radius 1 is 1.14 bits per heavy atom. The number of carbonyl (C=O) groups is 2. The highest BCUT2D eigenvalue weighted by atomic mass is 35.5. The molecular weight excluding hydrogens is 378 g/mol. The molecule has 2 amide bonds. The van der Waals surface area contributed by atoms with Crippen molar-refractivity contribution in [3.05, 3.63) is 64.9 Å². The molecule has 0 atom stereocenters. The fourth-order valence-corrected chi connectivity index (χ4v) is 2.71. The summed E-state index contributed by atoms with van der Waals surface area (Å²) in [5.74, 6) is 0.999. The van der Waals surface area contributed by atoms with Crippen molar-refractivity contribution in [2.24, 2.45) is 0 Å². The summed E-state index contributed by atoms with van der Waals surface area (Å²) in [4.78, 5) is 28.4. The fraction of sp³-hybridized carbons (Fsp3) is 0.200. The Kier molecular flexibility index (Phi) is 6.39. The summed E-state index contributed by atoms with van der Waals surface area (Å²) in [5, 5.41) is 13.1. The molecule has 28 heavy (non-hydrogen) atoms. The molecule has 1 aromatic heterocycles. The molecule has 1 heterocycles. The summed E-state index contributed by atoms with van der Waals surface area (Å²) < 4.78 is 0. The number of nitrogens with one attached hydrogen (secondary N) is 3. The number of amides is 2. The van der Waals surface area contributed by atoms with E-state index in [2.05, 4.69) is 25.8 Å². The maximum atomic E-state index is 12.1. The first kappa shape index (κ1) is 19.6. The molecule has 0 fully saturated rings. The van der Waals surface area contributed by atoms with Crippen LogP contribution in [-0.4, -0.2) is 33.5 Å². The van der Waals surface area contributed by atoms with E-state index < -0.39 is 0 Å². The Hall–Kier alpha value is -3.19. The van der Waals surface area contributed by atoms with Crippen LogP contribution in [0.3, 0.4) is 0 Å². The number of halogens is 1. The van der Waals surface area contributed by atoms with E-state index in [1.165, 1.54) is 0 Å². The molecule has 8 heteroatoms. The van der Waals surface area contributed by atoms with Crippen LogP contribution in [0.5, 0.6) is 0 Å². The number of anilines is 1. The summed E-state index contributed by atoms with van der Waals surface area (Å²) in [6, 6.07) is 14.0. The average molecular weight is 398 g/mol. The van der Waals surface area contributed by atoms with Gasteiger partial charge in [0, 0.05) is 34.8 Å². The topological polar surface area (TPSA) is 99.8 Å². The van der Waals surface area contributed by atoms with Crippen molar-refractivity contribution in [2.75, 3.05) is 11.9 Å². The van der Waals surface area contributed by atoms with Crippen molar-refractivity contribution in [3.8, 4) is 11.4 Å². The van der Waals surface area contributed by atoms with Crippen molar-refractivity contribution in [1.29, 1.82) is 0 Å². The third kappa shape index (κ3) is 5.40. The molecule has 0 bridgehead atoms. The van der Waals surface area contributed by atoms with Crippen LogP contribution in [0.2, 0.25) is 5.02 Å². The van der Waals surface area contributed by atoms with Crippen molar-refractivity contribution >= 4 is 29.1 Å². The number of benzene rings is 2. The van der Waals surface area contributed by atoms with Gasteiger partial charge in [0.25, 0.3) is 5.91 Å². The fourth-order valence-electron chi connectivity index (χ4n) is 2.59. The largest absolute Gasteiger partial charge is 0.352 e. The SMILES string of the molecule is Cc1nc(-c2cccc(NC(=O)CCCNC(=O)c3ccc(Cl)cc3)c2)n[nH]1. The van der Waals surface area contributed by atoms with Crippen LogP contribution in [0.15, 0.2) is 48.5 Å². The van der Waals surface area contributed by atoms with Gasteiger partial charge in [-0.05, 0) is 49.7 Å². The van der Waals surface area contributed by atoms with Crippen molar-refractivity contribution in [1.82, 2.24) is 20.5 Å². The third-order valence-corrected chi connectivity index (χ3v) is 4.23. The summed E-state index contributed by atoms with van der Waals surface area (Å²) in [5.41, 5.74) is 2.03. The Bertz CT molecular complexity index is 969. The van der Waals surface area contributed by atoms with Gasteiger partial charge in [-0.2, -0.15) is 5.10 Å². The van der Waals surface area contributed by atoms with Crippen molar-refractivity contribution in [2.45, 2.75) is 19.8 Å². The zero-order valence-electron chi connectivity index (χ0n) is 15.3. The van der Waals surface area contributed by atoms with E-state index in [1.54, 1.807) is 24.3 Å². The van der Waals surface area contributed by atoms with Gasteiger partial charge < -0.3 is 10.6 Å². The number of carbonyl (C=O) groups excluding carboxylic acids is 2. The molecule has 144 valence electrons. The minimum atomic E-state index is -0.188. The molecule has 0 spiro atoms. The van der Waals surface area contributed by atoms with Gasteiger partial charge >= 0.3 is 0 Å². The zero-order valence-corrected chi connectivity index (χ0v) is 16.1. The molecule has 0 aliphatic heterocycles. The van der Waals surface area contributed by atoms with E-state index in [4.69, 9.17) is 11.6 Å². The first-order chi connectivity index (χ1) is 13.5. The number of rotatable bonds is 7. The second-order valence-electron chi connectivity index (χ2n) is 6.24. The van der Waals surface area contributed by atoms with E-state index in [9.17, 15) is 9.59 Å². The monoisotopic (exact) mass is 397 g/mol. The molecule has 3 rings (SSSR count). The molecular formula is C20H20ClN5O2. The van der Waals surface area contributed by atoms with Crippen LogP contribution < -0.4 is 10.6 Å². The van der Waals surface area contributed by atoms with Crippen LogP contribution in [0.1, 0.15) is 29.0 Å². The van der Waals surface area contributed by atoms with E-state index in [-0.39, 0.29) is 11.8 Å². The van der Waals surface area contributed by atoms with Gasteiger partial charge in [0.05, 0.1) is 0 Å². The molecule has 2 aromatic carbocycles. The third-order valence-electron chi connectivity index (χ3n) is 3.97. The van der Waals surface area contributed by atoms with Crippen LogP contribution in [0.25, 0.3) is 11.4 Å². The van der Waals surface area contributed by atoms with Crippen molar-refractivity contribution in [3.63, 3.8) is 0 Å². The Morgan fingerprint density at radius 3 is 2.64 bits per heavy atom. The number of aromatic amines is 1. The number of nitrogens with zero attached hydrogens (tertiary/aromatic N) is 2. The van der Waals surface area contributed by atoms with Crippen LogP contribution in [0, 0.1) is 6.92 Å². The maximum absolute atomic E-state index is 12.1. The van der Waals surface area contributed by atoms with Gasteiger partial charge in [0.15, 0.2) is 5.82 Å². The van der Waals surface area contributed by atoms with Crippen molar-refractivity contribution < 1.29 is 9.59 Å². The van der Waals surface area contributed by atoms with Gasteiger partial charge in [-0.25, -0.2) is 4.98 Å². The molecule has 3 aromatic rings. The number of aromatic nitrogens is 3. The van der Waals surface area contributed by atoms with E-state index in [0.717, 1.165) is 11.4 Å². The van der Waals surface area contributed by atoms with Crippen LogP contribution >= 0.6 is 11.6 Å². The predicted octanol–water partition coefficient (Wildman–Crippen LogP) is 3.58. The van der Waals surface area contributed by atoms with Gasteiger partial charge in [0.2, 0.25) is 5.91 Å². The average Bonchev–Trinajstić information content (AvgIpc) is 3.12. The Balaban J connectivity index is 1.44. The second kappa shape index (κ2) is 9.14. The molecule has 0 unspecified atom stereocenters. The number of aryl methyl sites for hydroxylation is 1. The molecule has 0 saturated carbocycles. The van der Waals surface area contributed by atoms with E-state index >= 15 is 0 Å². The minimum Gasteiger partial charge on any atom is -0.352 e. The van der Waals surface area contributed by atoms with E-state index in [1.807, 2.05) is 31.2 Å². The maximum Gasteiger partial charge on any atom is 0.251 e. The van der Waals surface area contributed by atoms with Crippen LogP contribution in [0.4, 0.5) is 5.69 Å². The molecule has 0 aliphatic carbocycles. The van der Waals surface area contributed by atoms with E-state index in [0.29, 0.717) is 41.5 Å². The number of hydrogen-bond donors (Lipinski definition) is 3. The normalized spacial score (nSPS) is 10.5. The molecule has 0 saturated heterocycles. The standard InChI is InChI=1S/C20H20ClN5O2/c1-13-23-19(26-25-13)15-4-2-5-17(12-15)24-18(27)6-3-11-22-20(28)14-7-9-16(21)10-8-14/h2,4-5,7-10,12H,3,6,11H2,1H3,(H,22,28)(H,24,27)(H,23,25,26). The molecule has 7 nitrogen and oxygen atoms in total. The Labute approximate surface area is 167 Å². The first-order valence-electron chi connectivity index (χ1n) is 8.84. The summed E-state index contributed by atoms with van der Waals surface area (Å²) in [6.07, 6.45) is 0.829. The number of H-pyrrole nitrogens is 1. The smallest absolute Gasteiger partial charge is 0.251 e. The zero-order chi connectivity index (χ0) is 19.9.